The summed E-state index contributed by atoms with van der Waals surface area (Å²) in [5.41, 5.74) is 0. The van der Waals surface area contributed by atoms with Crippen LogP contribution in [-0.4, -0.2) is 15.0 Å². The van der Waals surface area contributed by atoms with Crippen molar-refractivity contribution < 1.29 is 8.42 Å². The van der Waals surface area contributed by atoms with E-state index in [1.54, 1.807) is 5.38 Å². The Morgan fingerprint density at radius 1 is 1.31 bits per heavy atom. The van der Waals surface area contributed by atoms with Crippen LogP contribution in [0.5, 0.6) is 0 Å². The smallest absolute Gasteiger partial charge is 0.211 e. The van der Waals surface area contributed by atoms with Gasteiger partial charge in [0.1, 0.15) is 4.90 Å². The lowest BCUT2D eigenvalue weighted by Gasteiger charge is -2.03. The van der Waals surface area contributed by atoms with Crippen LogP contribution in [0.2, 0.25) is 0 Å². The second-order valence-corrected chi connectivity index (χ2v) is 6.14. The number of thiophene rings is 1. The first-order chi connectivity index (χ1) is 7.65. The number of rotatable bonds is 4. The normalized spacial score (nSPS) is 12.1. The Labute approximate surface area is 99.2 Å². The van der Waals surface area contributed by atoms with Crippen molar-refractivity contribution in [3.05, 3.63) is 29.6 Å². The highest BCUT2D eigenvalue weighted by atomic mass is 32.2. The summed E-state index contributed by atoms with van der Waals surface area (Å²) in [6.07, 6.45) is 0.793. The zero-order valence-electron chi connectivity index (χ0n) is 8.93. The lowest BCUT2D eigenvalue weighted by atomic mass is 10.3. The molecule has 3 nitrogen and oxygen atoms in total. The van der Waals surface area contributed by atoms with Crippen LogP contribution < -0.4 is 4.72 Å². The SMILES string of the molecule is CCCNS(=O)(=O)c1csc2ccccc12. The zero-order chi connectivity index (χ0) is 11.6. The number of fused-ring (bicyclic) bond motifs is 1. The van der Waals surface area contributed by atoms with Crippen molar-refractivity contribution in [2.75, 3.05) is 6.54 Å². The van der Waals surface area contributed by atoms with Crippen LogP contribution in [0, 0.1) is 0 Å². The van der Waals surface area contributed by atoms with E-state index in [-0.39, 0.29) is 0 Å². The Balaban J connectivity index is 2.47. The van der Waals surface area contributed by atoms with Gasteiger partial charge >= 0.3 is 0 Å². The largest absolute Gasteiger partial charge is 0.242 e. The fourth-order valence-corrected chi connectivity index (χ4v) is 4.11. The van der Waals surface area contributed by atoms with E-state index in [4.69, 9.17) is 0 Å². The minimum atomic E-state index is -3.35. The number of sulfonamides is 1. The molecule has 0 radical (unpaired) electrons. The van der Waals surface area contributed by atoms with Crippen LogP contribution in [0.15, 0.2) is 34.5 Å². The Kier molecular flexibility index (Phi) is 3.28. The maximum atomic E-state index is 12.0. The van der Waals surface area contributed by atoms with Gasteiger partial charge in [0, 0.05) is 22.0 Å². The summed E-state index contributed by atoms with van der Waals surface area (Å²) in [5, 5.41) is 2.50. The molecule has 0 saturated carbocycles. The molecule has 1 aromatic carbocycles. The Morgan fingerprint density at radius 2 is 2.06 bits per heavy atom. The molecule has 2 rings (SSSR count). The molecule has 1 heterocycles. The first-order valence-electron chi connectivity index (χ1n) is 5.11. The van der Waals surface area contributed by atoms with E-state index in [9.17, 15) is 8.42 Å². The molecule has 0 fully saturated rings. The average Bonchev–Trinajstić information content (AvgIpc) is 2.71. The second-order valence-electron chi connectivity index (χ2n) is 3.49. The van der Waals surface area contributed by atoms with Gasteiger partial charge in [0.25, 0.3) is 0 Å². The molecule has 0 aliphatic carbocycles. The van der Waals surface area contributed by atoms with Gasteiger partial charge in [0.2, 0.25) is 10.0 Å². The number of hydrogen-bond acceptors (Lipinski definition) is 3. The van der Waals surface area contributed by atoms with Gasteiger partial charge in [-0.05, 0) is 12.5 Å². The molecule has 16 heavy (non-hydrogen) atoms. The molecule has 0 amide bonds. The van der Waals surface area contributed by atoms with Crippen LogP contribution in [0.25, 0.3) is 10.1 Å². The third-order valence-electron chi connectivity index (χ3n) is 2.28. The lowest BCUT2D eigenvalue weighted by Crippen LogP contribution is -2.24. The molecular weight excluding hydrogens is 242 g/mol. The fraction of sp³-hybridized carbons (Fsp3) is 0.273. The van der Waals surface area contributed by atoms with E-state index in [1.165, 1.54) is 11.3 Å². The van der Waals surface area contributed by atoms with E-state index >= 15 is 0 Å². The van der Waals surface area contributed by atoms with Gasteiger partial charge in [0.15, 0.2) is 0 Å². The standard InChI is InChI=1S/C11H13NO2S2/c1-2-7-12-16(13,14)11-8-15-10-6-4-3-5-9(10)11/h3-6,8,12H,2,7H2,1H3. The van der Waals surface area contributed by atoms with Crippen molar-refractivity contribution in [3.8, 4) is 0 Å². The van der Waals surface area contributed by atoms with Gasteiger partial charge in [-0.15, -0.1) is 11.3 Å². The van der Waals surface area contributed by atoms with Crippen molar-refractivity contribution in [2.24, 2.45) is 0 Å². The highest BCUT2D eigenvalue weighted by molar-refractivity contribution is 7.90. The topological polar surface area (TPSA) is 46.2 Å². The highest BCUT2D eigenvalue weighted by Crippen LogP contribution is 2.28. The summed E-state index contributed by atoms with van der Waals surface area (Å²) >= 11 is 1.46. The predicted octanol–water partition coefficient (Wildman–Crippen LogP) is 2.59. The second kappa shape index (κ2) is 4.53. The van der Waals surface area contributed by atoms with Gasteiger partial charge in [-0.3, -0.25) is 0 Å². The Hall–Kier alpha value is -0.910. The zero-order valence-corrected chi connectivity index (χ0v) is 10.6. The van der Waals surface area contributed by atoms with Crippen LogP contribution in [-0.2, 0) is 10.0 Å². The number of hydrogen-bond donors (Lipinski definition) is 1. The van der Waals surface area contributed by atoms with Crippen LogP contribution >= 0.6 is 11.3 Å². The molecule has 0 aliphatic heterocycles. The van der Waals surface area contributed by atoms with Crippen molar-refractivity contribution in [1.82, 2.24) is 4.72 Å². The van der Waals surface area contributed by atoms with Gasteiger partial charge in [0.05, 0.1) is 0 Å². The molecule has 0 saturated heterocycles. The van der Waals surface area contributed by atoms with Crippen molar-refractivity contribution in [3.63, 3.8) is 0 Å². The summed E-state index contributed by atoms with van der Waals surface area (Å²) in [6, 6.07) is 7.54. The number of nitrogens with one attached hydrogen (secondary N) is 1. The summed E-state index contributed by atoms with van der Waals surface area (Å²) in [5.74, 6) is 0. The van der Waals surface area contributed by atoms with E-state index < -0.39 is 10.0 Å². The molecule has 1 N–H and O–H groups in total. The van der Waals surface area contributed by atoms with Gasteiger partial charge in [-0.1, -0.05) is 25.1 Å². The molecule has 0 unspecified atom stereocenters. The van der Waals surface area contributed by atoms with E-state index in [0.717, 1.165) is 16.5 Å². The molecule has 1 aromatic heterocycles. The molecule has 0 spiro atoms. The number of benzene rings is 1. The minimum Gasteiger partial charge on any atom is -0.211 e. The van der Waals surface area contributed by atoms with Gasteiger partial charge in [-0.25, -0.2) is 13.1 Å². The monoisotopic (exact) mass is 255 g/mol. The quantitative estimate of drug-likeness (QED) is 0.912. The molecule has 0 atom stereocenters. The minimum absolute atomic E-state index is 0.390. The summed E-state index contributed by atoms with van der Waals surface area (Å²) in [6.45, 7) is 2.42. The van der Waals surface area contributed by atoms with Crippen LogP contribution in [0.1, 0.15) is 13.3 Å². The summed E-state index contributed by atoms with van der Waals surface area (Å²) in [4.78, 5) is 0.390. The summed E-state index contributed by atoms with van der Waals surface area (Å²) in [7, 11) is -3.35. The maximum Gasteiger partial charge on any atom is 0.242 e. The first-order valence-corrected chi connectivity index (χ1v) is 7.47. The maximum absolute atomic E-state index is 12.0. The highest BCUT2D eigenvalue weighted by Gasteiger charge is 2.17. The van der Waals surface area contributed by atoms with Gasteiger partial charge in [-0.2, -0.15) is 0 Å². The van der Waals surface area contributed by atoms with Crippen molar-refractivity contribution in [1.29, 1.82) is 0 Å². The third kappa shape index (κ3) is 2.11. The Bertz CT molecular complexity index is 587. The van der Waals surface area contributed by atoms with Gasteiger partial charge < -0.3 is 0 Å². The molecule has 2 aromatic rings. The summed E-state index contributed by atoms with van der Waals surface area (Å²) < 4.78 is 27.5. The van der Waals surface area contributed by atoms with Crippen molar-refractivity contribution >= 4 is 31.4 Å². The van der Waals surface area contributed by atoms with E-state index in [2.05, 4.69) is 4.72 Å². The molecule has 5 heteroatoms. The van der Waals surface area contributed by atoms with Crippen LogP contribution in [0.4, 0.5) is 0 Å². The third-order valence-corrected chi connectivity index (χ3v) is 4.89. The van der Waals surface area contributed by atoms with Crippen molar-refractivity contribution in [2.45, 2.75) is 18.2 Å². The van der Waals surface area contributed by atoms with E-state index in [0.29, 0.717) is 11.4 Å². The molecule has 0 aliphatic rings. The Morgan fingerprint density at radius 3 is 2.81 bits per heavy atom. The van der Waals surface area contributed by atoms with Crippen LogP contribution in [0.3, 0.4) is 0 Å². The molecular formula is C11H13NO2S2. The lowest BCUT2D eigenvalue weighted by molar-refractivity contribution is 0.582. The predicted molar refractivity (Wildman–Crippen MR) is 67.3 cm³/mol. The molecule has 86 valence electrons. The fourth-order valence-electron chi connectivity index (χ4n) is 1.48. The average molecular weight is 255 g/mol. The molecule has 0 bridgehead atoms. The first kappa shape index (κ1) is 11.6. The van der Waals surface area contributed by atoms with E-state index in [1.807, 2.05) is 31.2 Å².